The second-order valence-electron chi connectivity index (χ2n) is 3.20. The first-order valence-corrected chi connectivity index (χ1v) is 6.20. The molecule has 0 aliphatic carbocycles. The highest BCUT2D eigenvalue weighted by Gasteiger charge is 2.02. The molecule has 0 heterocycles. The van der Waals surface area contributed by atoms with Gasteiger partial charge in [0.1, 0.15) is 6.26 Å². The minimum Gasteiger partial charge on any atom is -0.463 e. The Morgan fingerprint density at radius 2 is 2.00 bits per heavy atom. The van der Waals surface area contributed by atoms with Crippen molar-refractivity contribution in [3.05, 3.63) is 42.2 Å². The minimum absolute atomic E-state index is 0.296. The van der Waals surface area contributed by atoms with Crippen LogP contribution in [-0.4, -0.2) is 16.8 Å². The Bertz CT molecular complexity index is 423. The second kappa shape index (κ2) is 6.85. The molecule has 0 radical (unpaired) electrons. The standard InChI is InChI=1S/C12H14O4S/c1-3-15-12(13)8-9-16-17(14)11-6-4-10(2)5-7-11/h4-9H,3H2,1-2H3/b9-8+. The first-order chi connectivity index (χ1) is 8.13. The molecule has 0 saturated heterocycles. The highest BCUT2D eigenvalue weighted by atomic mass is 32.2. The molecule has 92 valence electrons. The molecular formula is C12H14O4S. The van der Waals surface area contributed by atoms with Crippen LogP contribution in [0.4, 0.5) is 0 Å². The smallest absolute Gasteiger partial charge is 0.333 e. The first-order valence-electron chi connectivity index (χ1n) is 5.12. The summed E-state index contributed by atoms with van der Waals surface area (Å²) in [5.74, 6) is -0.520. The lowest BCUT2D eigenvalue weighted by Crippen LogP contribution is -2.00. The van der Waals surface area contributed by atoms with Crippen LogP contribution in [0.15, 0.2) is 41.5 Å². The van der Waals surface area contributed by atoms with Gasteiger partial charge in [0.25, 0.3) is 0 Å². The van der Waals surface area contributed by atoms with Crippen molar-refractivity contribution in [2.75, 3.05) is 6.61 Å². The van der Waals surface area contributed by atoms with Crippen molar-refractivity contribution >= 4 is 17.0 Å². The van der Waals surface area contributed by atoms with Gasteiger partial charge in [-0.15, -0.1) is 0 Å². The molecule has 4 nitrogen and oxygen atoms in total. The molecule has 0 N–H and O–H groups in total. The number of benzene rings is 1. The maximum Gasteiger partial charge on any atom is 0.333 e. The fourth-order valence-electron chi connectivity index (χ4n) is 1.03. The number of hydrogen-bond donors (Lipinski definition) is 0. The molecule has 1 aromatic carbocycles. The van der Waals surface area contributed by atoms with E-state index in [-0.39, 0.29) is 0 Å². The van der Waals surface area contributed by atoms with Crippen molar-refractivity contribution < 1.29 is 17.9 Å². The monoisotopic (exact) mass is 254 g/mol. The predicted octanol–water partition coefficient (Wildman–Crippen LogP) is 2.11. The number of carbonyl (C=O) groups excluding carboxylic acids is 1. The van der Waals surface area contributed by atoms with Gasteiger partial charge < -0.3 is 8.92 Å². The molecule has 5 heteroatoms. The molecule has 1 unspecified atom stereocenters. The Balaban J connectivity index is 2.50. The number of rotatable bonds is 5. The van der Waals surface area contributed by atoms with E-state index in [0.717, 1.165) is 17.9 Å². The summed E-state index contributed by atoms with van der Waals surface area (Å²) in [6, 6.07) is 7.10. The van der Waals surface area contributed by atoms with Crippen LogP contribution >= 0.6 is 0 Å². The predicted molar refractivity (Wildman–Crippen MR) is 64.4 cm³/mol. The van der Waals surface area contributed by atoms with E-state index in [1.54, 1.807) is 19.1 Å². The highest BCUT2D eigenvalue weighted by molar-refractivity contribution is 7.80. The summed E-state index contributed by atoms with van der Waals surface area (Å²) in [6.07, 6.45) is 2.17. The minimum atomic E-state index is -1.61. The number of ether oxygens (including phenoxy) is 1. The van der Waals surface area contributed by atoms with E-state index in [1.807, 2.05) is 19.1 Å². The van der Waals surface area contributed by atoms with E-state index in [4.69, 9.17) is 4.18 Å². The lowest BCUT2D eigenvalue weighted by Gasteiger charge is -2.00. The van der Waals surface area contributed by atoms with Crippen molar-refractivity contribution in [2.45, 2.75) is 18.7 Å². The Kier molecular flexibility index (Phi) is 5.42. The number of aryl methyl sites for hydroxylation is 1. The van der Waals surface area contributed by atoms with Crippen LogP contribution in [0, 0.1) is 6.92 Å². The number of hydrogen-bond acceptors (Lipinski definition) is 4. The van der Waals surface area contributed by atoms with E-state index >= 15 is 0 Å². The van der Waals surface area contributed by atoms with Gasteiger partial charge in [-0.3, -0.25) is 0 Å². The van der Waals surface area contributed by atoms with Crippen molar-refractivity contribution in [3.63, 3.8) is 0 Å². The Labute approximate surface area is 103 Å². The van der Waals surface area contributed by atoms with Gasteiger partial charge in [-0.1, -0.05) is 17.7 Å². The van der Waals surface area contributed by atoms with Gasteiger partial charge in [-0.05, 0) is 26.0 Å². The lowest BCUT2D eigenvalue weighted by molar-refractivity contribution is -0.137. The zero-order valence-corrected chi connectivity index (χ0v) is 10.5. The quantitative estimate of drug-likeness (QED) is 0.459. The molecule has 1 rings (SSSR count). The van der Waals surface area contributed by atoms with Crippen LogP contribution in [0.2, 0.25) is 0 Å². The van der Waals surface area contributed by atoms with Crippen LogP contribution < -0.4 is 0 Å². The van der Waals surface area contributed by atoms with Crippen molar-refractivity contribution in [1.82, 2.24) is 0 Å². The molecule has 0 spiro atoms. The molecule has 1 atom stereocenters. The number of carbonyl (C=O) groups is 1. The van der Waals surface area contributed by atoms with Gasteiger partial charge >= 0.3 is 5.97 Å². The zero-order valence-electron chi connectivity index (χ0n) is 9.71. The first kappa shape index (κ1) is 13.4. The molecule has 1 aromatic rings. The van der Waals surface area contributed by atoms with E-state index in [9.17, 15) is 9.00 Å². The average Bonchev–Trinajstić information content (AvgIpc) is 2.30. The van der Waals surface area contributed by atoms with Gasteiger partial charge in [0.2, 0.25) is 11.1 Å². The summed E-state index contributed by atoms with van der Waals surface area (Å²) in [5.41, 5.74) is 1.08. The molecular weight excluding hydrogens is 240 g/mol. The third kappa shape index (κ3) is 4.82. The fraction of sp³-hybridized carbons (Fsp3) is 0.250. The van der Waals surface area contributed by atoms with Crippen LogP contribution in [0.1, 0.15) is 12.5 Å². The van der Waals surface area contributed by atoms with Gasteiger partial charge in [0.05, 0.1) is 17.6 Å². The maximum absolute atomic E-state index is 11.6. The third-order valence-corrected chi connectivity index (χ3v) is 2.79. The van der Waals surface area contributed by atoms with Crippen LogP contribution in [0.3, 0.4) is 0 Å². The zero-order chi connectivity index (χ0) is 12.7. The van der Waals surface area contributed by atoms with Gasteiger partial charge in [-0.2, -0.15) is 0 Å². The summed E-state index contributed by atoms with van der Waals surface area (Å²) in [7, 11) is 0. The van der Waals surface area contributed by atoms with E-state index in [0.29, 0.717) is 11.5 Å². The normalized spacial score (nSPS) is 12.4. The third-order valence-electron chi connectivity index (χ3n) is 1.85. The summed E-state index contributed by atoms with van der Waals surface area (Å²) >= 11 is -1.61. The summed E-state index contributed by atoms with van der Waals surface area (Å²) in [5, 5.41) is 0. The molecule has 0 aromatic heterocycles. The van der Waals surface area contributed by atoms with E-state index in [2.05, 4.69) is 4.74 Å². The molecule has 0 aliphatic rings. The summed E-state index contributed by atoms with van der Waals surface area (Å²) in [6.45, 7) is 3.94. The Hall–Kier alpha value is -1.62. The van der Waals surface area contributed by atoms with Crippen molar-refractivity contribution in [3.8, 4) is 0 Å². The van der Waals surface area contributed by atoms with Gasteiger partial charge in [-0.25, -0.2) is 9.00 Å². The molecule has 0 aliphatic heterocycles. The summed E-state index contributed by atoms with van der Waals surface area (Å²) < 4.78 is 21.1. The largest absolute Gasteiger partial charge is 0.463 e. The molecule has 0 amide bonds. The molecule has 17 heavy (non-hydrogen) atoms. The van der Waals surface area contributed by atoms with E-state index < -0.39 is 17.0 Å². The average molecular weight is 254 g/mol. The number of esters is 1. The van der Waals surface area contributed by atoms with Crippen LogP contribution in [0.25, 0.3) is 0 Å². The SMILES string of the molecule is CCOC(=O)/C=C/OS(=O)c1ccc(C)cc1. The molecule has 0 saturated carbocycles. The van der Waals surface area contributed by atoms with E-state index in [1.165, 1.54) is 0 Å². The maximum atomic E-state index is 11.6. The summed E-state index contributed by atoms with van der Waals surface area (Å²) in [4.78, 5) is 11.5. The second-order valence-corrected chi connectivity index (χ2v) is 4.33. The van der Waals surface area contributed by atoms with Crippen molar-refractivity contribution in [1.29, 1.82) is 0 Å². The Morgan fingerprint density at radius 3 is 2.59 bits per heavy atom. The fourth-order valence-corrected chi connectivity index (χ4v) is 1.65. The van der Waals surface area contributed by atoms with Gasteiger partial charge in [0.15, 0.2) is 0 Å². The molecule has 0 bridgehead atoms. The van der Waals surface area contributed by atoms with Crippen LogP contribution in [0.5, 0.6) is 0 Å². The van der Waals surface area contributed by atoms with Gasteiger partial charge in [0, 0.05) is 0 Å². The lowest BCUT2D eigenvalue weighted by atomic mass is 10.2. The van der Waals surface area contributed by atoms with Crippen molar-refractivity contribution in [2.24, 2.45) is 0 Å². The molecule has 0 fully saturated rings. The Morgan fingerprint density at radius 1 is 1.35 bits per heavy atom. The van der Waals surface area contributed by atoms with Crippen LogP contribution in [-0.2, 0) is 24.8 Å². The highest BCUT2D eigenvalue weighted by Crippen LogP contribution is 2.09. The topological polar surface area (TPSA) is 52.6 Å².